The summed E-state index contributed by atoms with van der Waals surface area (Å²) >= 11 is 5.76. The van der Waals surface area contributed by atoms with Crippen LogP contribution < -0.4 is 37.2 Å². The predicted molar refractivity (Wildman–Crippen MR) is 316 cm³/mol. The smallest absolute Gasteiger partial charge is 0.329 e. The van der Waals surface area contributed by atoms with E-state index in [0.29, 0.717) is 64.3 Å². The van der Waals surface area contributed by atoms with E-state index in [-0.39, 0.29) is 114 Å². The van der Waals surface area contributed by atoms with Gasteiger partial charge in [0.1, 0.15) is 23.7 Å². The van der Waals surface area contributed by atoms with Crippen LogP contribution in [-0.4, -0.2) is 222 Å². The second-order valence-corrected chi connectivity index (χ2v) is 22.5. The number of aliphatic carboxylic acids is 7. The molecule has 0 spiro atoms. The number of benzene rings is 1. The van der Waals surface area contributed by atoms with Gasteiger partial charge in [0.05, 0.1) is 25.2 Å². The molecule has 1 aliphatic carbocycles. The largest absolute Gasteiger partial charge is 0.481 e. The topological polar surface area (TPSA) is 423 Å². The van der Waals surface area contributed by atoms with Crippen molar-refractivity contribution in [3.8, 4) is 0 Å². The van der Waals surface area contributed by atoms with E-state index in [4.69, 9.17) is 17.3 Å². The highest BCUT2D eigenvalue weighted by atomic mass is 32.1. The Labute approximate surface area is 504 Å². The molecule has 1 aromatic carbocycles. The number of carbonyl (C=O) groups excluding carboxylic acids is 4. The van der Waals surface area contributed by atoms with E-state index < -0.39 is 102 Å². The van der Waals surface area contributed by atoms with Crippen LogP contribution in [-0.2, 0) is 54.4 Å². The molecule has 1 heterocycles. The van der Waals surface area contributed by atoms with Crippen LogP contribution in [0.4, 0.5) is 4.79 Å². The first-order valence-electron chi connectivity index (χ1n) is 28.8. The molecule has 478 valence electrons. The van der Waals surface area contributed by atoms with Crippen LogP contribution >= 0.6 is 12.2 Å². The van der Waals surface area contributed by atoms with Gasteiger partial charge in [-0.2, -0.15) is 0 Å². The third-order valence-electron chi connectivity index (χ3n) is 14.7. The first-order chi connectivity index (χ1) is 40.6. The standard InChI is InChI=1S/C57H86N10O18S/c1-56(24-21-39(22-25-56)32-40-34-66(36-48(74)75)29-28-65(35-47(72)73)30-31-67(40)37-49(76)77)64-55(86)62-43(33-38-14-6-5-7-15-38)50(78)59-27-12-10-16-41(51(79)80)60-45(69)18-9-4-3-8-17-44(68)58-26-13-11-23-57(2,53(83)84)63-54(85)61-42(52(81)82)19-20-46(70)71/h5-7,14-15,21-22,24,40-43H,3-4,8-13,16-20,23,25-37H2,1-2H3,(H,58,68)(H,59,78)(H,60,69)(H,70,71)(H,72,73)(H,74,75)(H,76,77)(H,79,80)(H,81,82)(H,83,84)(H2,61,63,85)(H2,62,64,86)/t40?,41?,42?,43?,56?,57-/m0/s1. The van der Waals surface area contributed by atoms with Crippen molar-refractivity contribution in [3.63, 3.8) is 0 Å². The molecule has 1 fully saturated rings. The molecule has 6 atom stereocenters. The maximum atomic E-state index is 13.7. The molecule has 0 saturated carbocycles. The lowest BCUT2D eigenvalue weighted by atomic mass is 9.88. The number of unbranched alkanes of at least 4 members (excludes halogenated alkanes) is 5. The molecule has 0 radical (unpaired) electrons. The Balaban J connectivity index is 1.41. The zero-order valence-electron chi connectivity index (χ0n) is 48.9. The van der Waals surface area contributed by atoms with Crippen molar-refractivity contribution in [3.05, 3.63) is 59.7 Å². The van der Waals surface area contributed by atoms with Gasteiger partial charge >= 0.3 is 47.8 Å². The number of carboxylic acids is 7. The normalized spacial score (nSPS) is 18.3. The van der Waals surface area contributed by atoms with Crippen molar-refractivity contribution in [2.45, 2.75) is 158 Å². The number of thiocarbonyl (C=S) groups is 1. The van der Waals surface area contributed by atoms with Crippen molar-refractivity contribution in [1.82, 2.24) is 51.9 Å². The molecule has 86 heavy (non-hydrogen) atoms. The Kier molecular flexibility index (Phi) is 31.7. The van der Waals surface area contributed by atoms with E-state index >= 15 is 0 Å². The van der Waals surface area contributed by atoms with Crippen LogP contribution in [0.3, 0.4) is 0 Å². The lowest BCUT2D eigenvalue weighted by Crippen LogP contribution is -2.57. The van der Waals surface area contributed by atoms with Gasteiger partial charge in [-0.05, 0) is 102 Å². The summed E-state index contributed by atoms with van der Waals surface area (Å²) in [4.78, 5) is 138. The molecule has 0 aromatic heterocycles. The molecule has 5 amide bonds. The fourth-order valence-corrected chi connectivity index (χ4v) is 10.2. The maximum Gasteiger partial charge on any atom is 0.329 e. The third kappa shape index (κ3) is 29.4. The SMILES string of the molecule is CC1(NC(=S)NC(Cc2ccccc2)C(=O)NCCCCC(NC(=O)CCCCCCC(=O)NCCCC[C@](C)(NC(=O)NC(CCC(=O)O)C(=O)O)C(=O)O)C(=O)O)C=CC(CC2CN(CC(=O)O)CCN(CC(=O)O)CCN2CC(=O)O)=CC1. The first kappa shape index (κ1) is 72.5. The van der Waals surface area contributed by atoms with Crippen LogP contribution in [0.1, 0.15) is 122 Å². The molecule has 0 bridgehead atoms. The number of urea groups is 1. The lowest BCUT2D eigenvalue weighted by Gasteiger charge is -2.35. The molecule has 14 N–H and O–H groups in total. The molecule has 28 nitrogen and oxygen atoms in total. The summed E-state index contributed by atoms with van der Waals surface area (Å²) in [5.41, 5.74) is -0.721. The summed E-state index contributed by atoms with van der Waals surface area (Å²) < 4.78 is 0. The third-order valence-corrected chi connectivity index (χ3v) is 14.9. The highest BCUT2D eigenvalue weighted by molar-refractivity contribution is 7.80. The Morgan fingerprint density at radius 1 is 0.640 bits per heavy atom. The average Bonchev–Trinajstić information content (AvgIpc) is 2.73. The van der Waals surface area contributed by atoms with E-state index in [1.165, 1.54) is 6.92 Å². The fourth-order valence-electron chi connectivity index (χ4n) is 9.78. The molecule has 5 unspecified atom stereocenters. The minimum absolute atomic E-state index is 0.0528. The van der Waals surface area contributed by atoms with E-state index in [1.807, 2.05) is 55.5 Å². The summed E-state index contributed by atoms with van der Waals surface area (Å²) in [6.45, 7) is 4.10. The molecule has 29 heteroatoms. The van der Waals surface area contributed by atoms with Gasteiger partial charge in [-0.3, -0.25) is 48.3 Å². The van der Waals surface area contributed by atoms with Crippen LogP contribution in [0, 0.1) is 0 Å². The Morgan fingerprint density at radius 3 is 1.84 bits per heavy atom. The number of allylic oxidation sites excluding steroid dienone is 1. The molecule has 2 aliphatic rings. The Bertz CT molecular complexity index is 2560. The monoisotopic (exact) mass is 1230 g/mol. The van der Waals surface area contributed by atoms with E-state index in [2.05, 4.69) is 37.2 Å². The highest BCUT2D eigenvalue weighted by Gasteiger charge is 2.36. The lowest BCUT2D eigenvalue weighted by molar-refractivity contribution is -0.144. The quantitative estimate of drug-likeness (QED) is 0.0329. The summed E-state index contributed by atoms with van der Waals surface area (Å²) in [6, 6.07) is 4.34. The molecular formula is C57H86N10O18S. The number of nitrogens with zero attached hydrogens (tertiary/aromatic N) is 3. The average molecular weight is 1230 g/mol. The molecule has 1 saturated heterocycles. The molecule has 1 aromatic rings. The summed E-state index contributed by atoms with van der Waals surface area (Å²) in [5, 5.41) is 85.9. The highest BCUT2D eigenvalue weighted by Crippen LogP contribution is 2.26. The Morgan fingerprint density at radius 2 is 1.23 bits per heavy atom. The number of carbonyl (C=O) groups is 11. The zero-order valence-corrected chi connectivity index (χ0v) is 49.7. The van der Waals surface area contributed by atoms with Gasteiger partial charge in [-0.25, -0.2) is 19.2 Å². The number of amides is 5. The van der Waals surface area contributed by atoms with Crippen molar-refractivity contribution in [2.75, 3.05) is 65.4 Å². The summed E-state index contributed by atoms with van der Waals surface area (Å²) in [6.07, 6.45) is 10.0. The second kappa shape index (κ2) is 37.6. The summed E-state index contributed by atoms with van der Waals surface area (Å²) in [5.74, 6) is -9.49. The van der Waals surface area contributed by atoms with Gasteiger partial charge in [-0.15, -0.1) is 0 Å². The number of hydrogen-bond acceptors (Lipinski definition) is 15. The van der Waals surface area contributed by atoms with Crippen LogP contribution in [0.2, 0.25) is 0 Å². The molecule has 3 rings (SSSR count). The van der Waals surface area contributed by atoms with Crippen molar-refractivity contribution in [1.29, 1.82) is 0 Å². The van der Waals surface area contributed by atoms with Crippen LogP contribution in [0.15, 0.2) is 54.1 Å². The van der Waals surface area contributed by atoms with Crippen molar-refractivity contribution in [2.24, 2.45) is 0 Å². The fraction of sp³-hybridized carbons (Fsp3) is 0.614. The molecular weight excluding hydrogens is 1140 g/mol. The van der Waals surface area contributed by atoms with Gasteiger partial charge in [0.15, 0.2) is 5.11 Å². The second-order valence-electron chi connectivity index (χ2n) is 22.1. The number of carboxylic acid groups (broad SMARTS) is 7. The van der Waals surface area contributed by atoms with Crippen LogP contribution in [0.25, 0.3) is 0 Å². The van der Waals surface area contributed by atoms with E-state index in [0.717, 1.165) is 11.1 Å². The van der Waals surface area contributed by atoms with Gasteiger partial charge in [0.2, 0.25) is 17.7 Å². The van der Waals surface area contributed by atoms with Crippen molar-refractivity contribution >= 4 is 82.9 Å². The minimum Gasteiger partial charge on any atom is -0.481 e. The zero-order chi connectivity index (χ0) is 63.8. The van der Waals surface area contributed by atoms with Gasteiger partial charge < -0.3 is 73.0 Å². The maximum absolute atomic E-state index is 13.7. The van der Waals surface area contributed by atoms with Gasteiger partial charge in [0, 0.05) is 77.5 Å². The number of nitrogens with one attached hydrogen (secondary N) is 7. The first-order valence-corrected chi connectivity index (χ1v) is 29.2. The number of rotatable bonds is 39. The van der Waals surface area contributed by atoms with Crippen molar-refractivity contribution < 1.29 is 88.5 Å². The summed E-state index contributed by atoms with van der Waals surface area (Å²) in [7, 11) is 0. The van der Waals surface area contributed by atoms with E-state index in [1.54, 1.807) is 14.7 Å². The number of hydrogen-bond donors (Lipinski definition) is 14. The predicted octanol–water partition coefficient (Wildman–Crippen LogP) is 1.58. The molecule has 1 aliphatic heterocycles. The van der Waals surface area contributed by atoms with E-state index in [9.17, 15) is 83.4 Å². The van der Waals surface area contributed by atoms with Crippen LogP contribution in [0.5, 0.6) is 0 Å². The van der Waals surface area contributed by atoms with Gasteiger partial charge in [-0.1, -0.05) is 67.0 Å². The Hall–Kier alpha value is -7.76. The van der Waals surface area contributed by atoms with Gasteiger partial charge in [0.25, 0.3) is 0 Å². The minimum atomic E-state index is -1.78.